The Morgan fingerprint density at radius 1 is 0.393 bits per heavy atom. The van der Waals surface area contributed by atoms with Crippen molar-refractivity contribution in [1.82, 2.24) is 5.32 Å². The first kappa shape index (κ1) is 67.2. The van der Waals surface area contributed by atoms with Gasteiger partial charge >= 0.3 is 0 Å². The van der Waals surface area contributed by atoms with Gasteiger partial charge in [-0.1, -0.05) is 12.1 Å². The van der Waals surface area contributed by atoms with Crippen molar-refractivity contribution >= 4 is 23.6 Å². The fourth-order valence-corrected chi connectivity index (χ4v) is 14.8. The predicted octanol–water partition coefficient (Wildman–Crippen LogP) is -9.06. The fraction of sp³-hybridized carbons (Fsp3) is 0.821. The number of ether oxygens (including phenoxy) is 12. The van der Waals surface area contributed by atoms with Gasteiger partial charge in [0.2, 0.25) is 11.8 Å². The lowest BCUT2D eigenvalue weighted by Gasteiger charge is -2.55. The Bertz CT molecular complexity index is 2510. The van der Waals surface area contributed by atoms with Crippen LogP contribution in [0.2, 0.25) is 0 Å². The lowest BCUT2D eigenvalue weighted by atomic mass is 9.49. The minimum atomic E-state index is -2.22. The highest BCUT2D eigenvalue weighted by atomic mass is 16.8. The van der Waals surface area contributed by atoms with Gasteiger partial charge in [-0.3, -0.25) is 9.59 Å². The molecule has 1 aromatic carbocycles. The van der Waals surface area contributed by atoms with Gasteiger partial charge in [0.05, 0.1) is 51.1 Å². The molecule has 0 radical (unpaired) electrons. The first-order valence-electron chi connectivity index (χ1n) is 30.0. The number of amides is 2. The van der Waals surface area contributed by atoms with Crippen LogP contribution in [-0.4, -0.2) is 322 Å². The molecule has 1 aromatic rings. The Balaban J connectivity index is 0.865. The van der Waals surface area contributed by atoms with Crippen molar-refractivity contribution in [2.75, 3.05) is 45.0 Å². The van der Waals surface area contributed by atoms with Crippen LogP contribution in [0.25, 0.3) is 6.08 Å². The number of rotatable bonds is 11. The molecule has 22 aliphatic heterocycles. The summed E-state index contributed by atoms with van der Waals surface area (Å²) >= 11 is 0. The number of aliphatic hydroxyl groups excluding tert-OH is 17. The van der Waals surface area contributed by atoms with Crippen LogP contribution in [0.3, 0.4) is 0 Å². The number of benzene rings is 1. The Labute approximate surface area is 507 Å². The van der Waals surface area contributed by atoms with E-state index in [0.29, 0.717) is 29.0 Å². The lowest BCUT2D eigenvalue weighted by Crippen LogP contribution is -2.70. The monoisotopic (exact) mass is 1280 g/mol. The molecule has 2 amide bonds. The molecule has 26 fully saturated rings. The third kappa shape index (κ3) is 13.3. The van der Waals surface area contributed by atoms with Crippen molar-refractivity contribution in [3.63, 3.8) is 0 Å². The molecule has 4 saturated carbocycles. The Morgan fingerprint density at radius 3 is 0.978 bits per heavy atom. The molecule has 26 aliphatic rings. The Morgan fingerprint density at radius 2 is 0.674 bits per heavy atom. The molecule has 22 saturated heterocycles. The van der Waals surface area contributed by atoms with Gasteiger partial charge in [0.25, 0.3) is 0 Å². The van der Waals surface area contributed by atoms with Crippen LogP contribution in [0.1, 0.15) is 44.1 Å². The number of nitrogens with one attached hydrogen (secondary N) is 2. The van der Waals surface area contributed by atoms with E-state index in [9.17, 15) is 96.4 Å². The SMILES string of the molecule is O=C(/C=C\c1ccc(NC(=O)C23CC4CC(CC(C4)C2)C3)cc1)N[C@@H]1[C@@H](O)[C@H]2O[C@H]3[C@H](O)[C@@H](O)[C@@H](O[C@H]4[C@H](O)[C@@H](O)[C@@H](O[C@H]5[C@H](O)[C@@H](O)[C@@H](O[C@H]6[C@H](O)[C@@H](O)[C@@H](O[C@H]7[C@H](O)[C@@H](O)[C@@H](O[C@@H]1[C@@H](CO)O2)O[C@@H]7CO)O[C@@H]6CO)O[C@@H]5CO)O[C@@H]4CO)O[C@@H]3CO. The van der Waals surface area contributed by atoms with Crippen LogP contribution < -0.4 is 10.6 Å². The summed E-state index contributed by atoms with van der Waals surface area (Å²) in [6.45, 7) is -6.20. The topological polar surface area (TPSA) is 513 Å². The molecule has 89 heavy (non-hydrogen) atoms. The second-order valence-corrected chi connectivity index (χ2v) is 25.0. The number of carbonyl (C=O) groups excluding carboxylic acids is 2. The van der Waals surface area contributed by atoms with Gasteiger partial charge < -0.3 is 154 Å². The molecule has 33 nitrogen and oxygen atoms in total. The van der Waals surface area contributed by atoms with Crippen LogP contribution in [0.4, 0.5) is 5.69 Å². The van der Waals surface area contributed by atoms with Crippen molar-refractivity contribution in [2.45, 2.75) is 223 Å². The van der Waals surface area contributed by atoms with Crippen LogP contribution in [0.15, 0.2) is 30.3 Å². The molecule has 502 valence electrons. The molecule has 0 spiro atoms. The van der Waals surface area contributed by atoms with Crippen LogP contribution >= 0.6 is 0 Å². The van der Waals surface area contributed by atoms with E-state index in [0.717, 1.165) is 25.3 Å². The van der Waals surface area contributed by atoms with Crippen LogP contribution in [0, 0.1) is 23.2 Å². The van der Waals surface area contributed by atoms with E-state index in [1.54, 1.807) is 24.3 Å². The molecule has 22 heterocycles. The quantitative estimate of drug-likeness (QED) is 0.0915. The van der Waals surface area contributed by atoms with E-state index in [2.05, 4.69) is 10.6 Å². The standard InChI is InChI=1S/C56H82N2O31/c59-13-24-43-31(58-30(65)6-3-19-1-4-23(5-2-19)57-55(77)56-10-20-7-21(11-56)9-22(8-20)12-56)32(66)49(78-24)85-44-25(14-60)80-51(39(73)34(44)68)87-46-27(16-62)82-53(41(75)36(46)70)89-48-29(18-64)83-54(42(76)37(48)71)88-47-28(17-63)81-52(40(74)35(47)69)86-45-26(15-61)79-50(84-43)38(72)33(45)67/h1-6,20-22,24-29,31-54,59-64,66-76H,7-18H2,(H,57,77)(H,58,65)/b6-3-/t20?,21?,22?,24-,25-,26-,27-,28-,29-,31-,32-,33-,34-,35-,36-,37-,38-,39-,40-,41-,42-,43-,44-,45-,46-,47-,48-,49-,50-,51-,52-,53-,54-,56?/m1/s1. The van der Waals surface area contributed by atoms with E-state index >= 15 is 0 Å². The Kier molecular flexibility index (Phi) is 21.1. The zero-order valence-electron chi connectivity index (χ0n) is 47.8. The lowest BCUT2D eigenvalue weighted by molar-refractivity contribution is -0.401. The molecule has 33 heteroatoms. The van der Waals surface area contributed by atoms with E-state index in [-0.39, 0.29) is 5.91 Å². The van der Waals surface area contributed by atoms with E-state index in [1.807, 2.05) is 0 Å². The number of carbonyl (C=O) groups is 2. The van der Waals surface area contributed by atoms with Gasteiger partial charge in [-0.05, 0) is 80.1 Å². The summed E-state index contributed by atoms with van der Waals surface area (Å²) in [4.78, 5) is 27.8. The normalized spacial score (nSPS) is 50.2. The second-order valence-electron chi connectivity index (χ2n) is 25.0. The van der Waals surface area contributed by atoms with Crippen molar-refractivity contribution in [3.8, 4) is 0 Å². The van der Waals surface area contributed by atoms with Gasteiger partial charge in [0.15, 0.2) is 37.7 Å². The summed E-state index contributed by atoms with van der Waals surface area (Å²) in [5, 5.41) is 196. The highest BCUT2D eigenvalue weighted by Crippen LogP contribution is 2.60. The van der Waals surface area contributed by atoms with Crippen LogP contribution in [-0.2, 0) is 66.4 Å². The molecule has 16 bridgehead atoms. The van der Waals surface area contributed by atoms with Gasteiger partial charge in [-0.15, -0.1) is 0 Å². The summed E-state index contributed by atoms with van der Waals surface area (Å²) in [5.41, 5.74) is 0.627. The maximum atomic E-state index is 14.0. The zero-order chi connectivity index (χ0) is 63.5. The minimum Gasteiger partial charge on any atom is -0.394 e. The molecule has 0 unspecified atom stereocenters. The highest BCUT2D eigenvalue weighted by molar-refractivity contribution is 5.96. The number of anilines is 1. The third-order valence-corrected chi connectivity index (χ3v) is 19.1. The van der Waals surface area contributed by atoms with E-state index in [4.69, 9.17) is 56.8 Å². The van der Waals surface area contributed by atoms with Gasteiger partial charge in [-0.25, -0.2) is 0 Å². The average molecular weight is 1280 g/mol. The maximum absolute atomic E-state index is 14.0. The van der Waals surface area contributed by atoms with Crippen molar-refractivity contribution < 1.29 is 153 Å². The molecule has 19 N–H and O–H groups in total. The summed E-state index contributed by atoms with van der Waals surface area (Å²) in [7, 11) is 0. The maximum Gasteiger partial charge on any atom is 0.244 e. The summed E-state index contributed by atoms with van der Waals surface area (Å²) in [5.74, 6) is 0.711. The summed E-state index contributed by atoms with van der Waals surface area (Å²) in [6, 6.07) is 4.85. The van der Waals surface area contributed by atoms with E-state index in [1.165, 1.54) is 25.3 Å². The van der Waals surface area contributed by atoms with Crippen molar-refractivity contribution in [2.24, 2.45) is 23.2 Å². The fourth-order valence-electron chi connectivity index (χ4n) is 14.8. The largest absolute Gasteiger partial charge is 0.394 e. The molecule has 27 rings (SSSR count). The highest BCUT2D eigenvalue weighted by Gasteiger charge is 2.60. The smallest absolute Gasteiger partial charge is 0.244 e. The van der Waals surface area contributed by atoms with E-state index < -0.39 is 235 Å². The number of hydrogen-bond acceptors (Lipinski definition) is 31. The second kappa shape index (κ2) is 28.0. The van der Waals surface area contributed by atoms with Gasteiger partial charge in [0.1, 0.15) is 140 Å². The first-order chi connectivity index (χ1) is 42.6. The number of hydrogen-bond donors (Lipinski definition) is 19. The minimum absolute atomic E-state index is 0.0119. The van der Waals surface area contributed by atoms with Crippen LogP contribution in [0.5, 0.6) is 0 Å². The van der Waals surface area contributed by atoms with Crippen molar-refractivity contribution in [1.29, 1.82) is 0 Å². The molecular formula is C56H82N2O31. The Hall–Kier alpha value is -3.26. The molecule has 4 aliphatic carbocycles. The van der Waals surface area contributed by atoms with Gasteiger partial charge in [0, 0.05) is 11.8 Å². The average Bonchev–Trinajstić information content (AvgIpc) is 0.777. The van der Waals surface area contributed by atoms with Crippen molar-refractivity contribution in [3.05, 3.63) is 35.9 Å². The first-order valence-corrected chi connectivity index (χ1v) is 30.0. The zero-order valence-corrected chi connectivity index (χ0v) is 47.8. The summed E-state index contributed by atoms with van der Waals surface area (Å²) < 4.78 is 70.1. The molecule has 0 aromatic heterocycles. The molecule has 30 atom stereocenters. The third-order valence-electron chi connectivity index (χ3n) is 19.1. The molecular weight excluding hydrogens is 1200 g/mol. The number of aliphatic hydroxyl groups is 17. The summed E-state index contributed by atoms with van der Waals surface area (Å²) in [6.07, 6.45) is -49.2. The van der Waals surface area contributed by atoms with Gasteiger partial charge in [-0.2, -0.15) is 0 Å². The predicted molar refractivity (Wildman–Crippen MR) is 286 cm³/mol.